The molecule has 1 heterocycles. The van der Waals surface area contributed by atoms with Crippen LogP contribution in [0, 0.1) is 5.82 Å². The molecular weight excluding hydrogens is 329 g/mol. The van der Waals surface area contributed by atoms with Gasteiger partial charge in [-0.3, -0.25) is 4.79 Å². The van der Waals surface area contributed by atoms with Crippen LogP contribution in [-0.4, -0.2) is 25.7 Å². The predicted molar refractivity (Wildman–Crippen MR) is 101 cm³/mol. The van der Waals surface area contributed by atoms with Gasteiger partial charge in [-0.25, -0.2) is 4.39 Å². The highest BCUT2D eigenvalue weighted by atomic mass is 19.1. The van der Waals surface area contributed by atoms with E-state index in [0.717, 1.165) is 24.0 Å². The molecule has 3 nitrogen and oxygen atoms in total. The zero-order valence-corrected chi connectivity index (χ0v) is 15.0. The van der Waals surface area contributed by atoms with Crippen molar-refractivity contribution in [2.45, 2.75) is 25.2 Å². The van der Waals surface area contributed by atoms with E-state index in [1.54, 1.807) is 18.2 Å². The molecule has 1 amide bonds. The highest BCUT2D eigenvalue weighted by molar-refractivity contribution is 5.94. The van der Waals surface area contributed by atoms with Gasteiger partial charge in [-0.15, -0.1) is 0 Å². The van der Waals surface area contributed by atoms with E-state index >= 15 is 0 Å². The Morgan fingerprint density at radius 2 is 1.77 bits per heavy atom. The Hall–Kier alpha value is -2.46. The molecule has 0 aromatic heterocycles. The minimum Gasteiger partial charge on any atom is -0.381 e. The summed E-state index contributed by atoms with van der Waals surface area (Å²) in [5.41, 5.74) is 2.80. The quantitative estimate of drug-likeness (QED) is 0.822. The molecule has 0 spiro atoms. The molecule has 26 heavy (non-hydrogen) atoms. The van der Waals surface area contributed by atoms with E-state index in [-0.39, 0.29) is 17.1 Å². The van der Waals surface area contributed by atoms with Crippen molar-refractivity contribution in [3.8, 4) is 0 Å². The molecule has 0 bridgehead atoms. The summed E-state index contributed by atoms with van der Waals surface area (Å²) in [6.07, 6.45) is 3.35. The Morgan fingerprint density at radius 1 is 1.12 bits per heavy atom. The van der Waals surface area contributed by atoms with Gasteiger partial charge in [0.05, 0.1) is 0 Å². The van der Waals surface area contributed by atoms with Gasteiger partial charge in [-0.05, 0) is 48.6 Å². The average molecular weight is 353 g/mol. The number of amides is 1. The second-order valence-corrected chi connectivity index (χ2v) is 6.81. The van der Waals surface area contributed by atoms with Gasteiger partial charge >= 0.3 is 0 Å². The molecule has 3 rings (SSSR count). The lowest BCUT2D eigenvalue weighted by Crippen LogP contribution is -2.44. The van der Waals surface area contributed by atoms with E-state index in [1.807, 2.05) is 25.1 Å². The first kappa shape index (κ1) is 18.3. The highest BCUT2D eigenvalue weighted by Gasteiger charge is 2.34. The number of hydrogen-bond donors (Lipinski definition) is 1. The summed E-state index contributed by atoms with van der Waals surface area (Å²) in [5, 5.41) is 3.06. The lowest BCUT2D eigenvalue weighted by molar-refractivity contribution is -0.117. The number of hydrogen-bond acceptors (Lipinski definition) is 2. The number of allylic oxidation sites excluding steroid dienone is 1. The largest absolute Gasteiger partial charge is 0.381 e. The van der Waals surface area contributed by atoms with Crippen LogP contribution in [0.15, 0.2) is 60.7 Å². The zero-order chi connectivity index (χ0) is 18.4. The van der Waals surface area contributed by atoms with Crippen LogP contribution in [0.2, 0.25) is 0 Å². The molecule has 1 saturated heterocycles. The second kappa shape index (κ2) is 8.28. The normalized spacial score (nSPS) is 16.9. The maximum atomic E-state index is 13.0. The van der Waals surface area contributed by atoms with E-state index in [4.69, 9.17) is 4.74 Å². The van der Waals surface area contributed by atoms with Crippen molar-refractivity contribution in [3.63, 3.8) is 0 Å². The summed E-state index contributed by atoms with van der Waals surface area (Å²) >= 11 is 0. The summed E-state index contributed by atoms with van der Waals surface area (Å²) in [5.74, 6) is -0.413. The molecule has 2 aromatic carbocycles. The van der Waals surface area contributed by atoms with Crippen LogP contribution in [0.5, 0.6) is 0 Å². The second-order valence-electron chi connectivity index (χ2n) is 6.81. The smallest absolute Gasteiger partial charge is 0.244 e. The predicted octanol–water partition coefficient (Wildman–Crippen LogP) is 4.09. The lowest BCUT2D eigenvalue weighted by Gasteiger charge is -2.37. The Kier molecular flexibility index (Phi) is 5.84. The Bertz CT molecular complexity index is 762. The number of halogens is 1. The monoisotopic (exact) mass is 353 g/mol. The number of ether oxygens (including phenoxy) is 1. The highest BCUT2D eigenvalue weighted by Crippen LogP contribution is 2.34. The molecule has 2 aromatic rings. The van der Waals surface area contributed by atoms with Gasteiger partial charge in [-0.1, -0.05) is 42.5 Å². The van der Waals surface area contributed by atoms with Crippen molar-refractivity contribution >= 4 is 11.5 Å². The Labute approximate surface area is 153 Å². The maximum absolute atomic E-state index is 13.0. The van der Waals surface area contributed by atoms with Crippen LogP contribution < -0.4 is 5.32 Å². The molecule has 0 aliphatic carbocycles. The van der Waals surface area contributed by atoms with Crippen LogP contribution >= 0.6 is 0 Å². The van der Waals surface area contributed by atoms with E-state index in [0.29, 0.717) is 19.8 Å². The molecule has 0 radical (unpaired) electrons. The van der Waals surface area contributed by atoms with Crippen molar-refractivity contribution in [2.75, 3.05) is 19.8 Å². The molecule has 0 atom stereocenters. The molecule has 0 unspecified atom stereocenters. The molecular formula is C22H24FNO2. The van der Waals surface area contributed by atoms with Crippen molar-refractivity contribution in [3.05, 3.63) is 77.6 Å². The number of nitrogens with one attached hydrogen (secondary N) is 1. The Morgan fingerprint density at radius 3 is 2.42 bits per heavy atom. The first-order chi connectivity index (χ1) is 12.6. The fourth-order valence-electron chi connectivity index (χ4n) is 3.42. The van der Waals surface area contributed by atoms with Crippen molar-refractivity contribution in [1.82, 2.24) is 5.32 Å². The van der Waals surface area contributed by atoms with Crippen LogP contribution in [-0.2, 0) is 14.9 Å². The summed E-state index contributed by atoms with van der Waals surface area (Å²) in [6.45, 7) is 3.84. The first-order valence-electron chi connectivity index (χ1n) is 8.94. The molecule has 1 aliphatic heterocycles. The van der Waals surface area contributed by atoms with Crippen LogP contribution in [0.4, 0.5) is 4.39 Å². The van der Waals surface area contributed by atoms with Crippen LogP contribution in [0.25, 0.3) is 5.57 Å². The van der Waals surface area contributed by atoms with Gasteiger partial charge in [0, 0.05) is 31.2 Å². The SMILES string of the molecule is C/C(=C/C(=O)NCC1(c2ccccc2)CCOCC1)c1ccc(F)cc1. The van der Waals surface area contributed by atoms with E-state index < -0.39 is 0 Å². The third-order valence-electron chi connectivity index (χ3n) is 5.08. The number of benzene rings is 2. The van der Waals surface area contributed by atoms with Gasteiger partial charge in [0.25, 0.3) is 0 Å². The van der Waals surface area contributed by atoms with Crippen LogP contribution in [0.1, 0.15) is 30.9 Å². The summed E-state index contributed by atoms with van der Waals surface area (Å²) in [7, 11) is 0. The summed E-state index contributed by atoms with van der Waals surface area (Å²) < 4.78 is 18.6. The van der Waals surface area contributed by atoms with Gasteiger partial charge < -0.3 is 10.1 Å². The first-order valence-corrected chi connectivity index (χ1v) is 8.94. The third-order valence-corrected chi connectivity index (χ3v) is 5.08. The topological polar surface area (TPSA) is 38.3 Å². The maximum Gasteiger partial charge on any atom is 0.244 e. The van der Waals surface area contributed by atoms with Gasteiger partial charge in [0.1, 0.15) is 5.82 Å². The van der Waals surface area contributed by atoms with Crippen molar-refractivity contribution in [1.29, 1.82) is 0 Å². The number of carbonyl (C=O) groups is 1. The summed E-state index contributed by atoms with van der Waals surface area (Å²) in [6, 6.07) is 16.5. The van der Waals surface area contributed by atoms with Gasteiger partial charge in [0.15, 0.2) is 0 Å². The fraction of sp³-hybridized carbons (Fsp3) is 0.318. The van der Waals surface area contributed by atoms with Gasteiger partial charge in [0.2, 0.25) is 5.91 Å². The lowest BCUT2D eigenvalue weighted by atomic mass is 9.74. The molecule has 1 fully saturated rings. The standard InChI is InChI=1S/C22H24FNO2/c1-17(18-7-9-20(23)10-8-18)15-21(25)24-16-22(11-13-26-14-12-22)19-5-3-2-4-6-19/h2-10,15H,11-14,16H2,1H3,(H,24,25)/b17-15-. The van der Waals surface area contributed by atoms with Crippen molar-refractivity contribution < 1.29 is 13.9 Å². The van der Waals surface area contributed by atoms with E-state index in [9.17, 15) is 9.18 Å². The molecule has 1 N–H and O–H groups in total. The van der Waals surface area contributed by atoms with E-state index in [1.165, 1.54) is 17.7 Å². The minimum absolute atomic E-state index is 0.0905. The molecule has 1 aliphatic rings. The van der Waals surface area contributed by atoms with Crippen molar-refractivity contribution in [2.24, 2.45) is 0 Å². The summed E-state index contributed by atoms with van der Waals surface area (Å²) in [4.78, 5) is 12.4. The molecule has 136 valence electrons. The average Bonchev–Trinajstić information content (AvgIpc) is 2.68. The van der Waals surface area contributed by atoms with Crippen LogP contribution in [0.3, 0.4) is 0 Å². The number of rotatable bonds is 5. The third kappa shape index (κ3) is 4.38. The zero-order valence-electron chi connectivity index (χ0n) is 15.0. The van der Waals surface area contributed by atoms with Gasteiger partial charge in [-0.2, -0.15) is 0 Å². The molecule has 4 heteroatoms. The fourth-order valence-corrected chi connectivity index (χ4v) is 3.42. The number of carbonyl (C=O) groups excluding carboxylic acids is 1. The Balaban J connectivity index is 1.70. The molecule has 0 saturated carbocycles. The van der Waals surface area contributed by atoms with E-state index in [2.05, 4.69) is 17.4 Å². The minimum atomic E-state index is -0.282.